The van der Waals surface area contributed by atoms with Gasteiger partial charge in [0.05, 0.1) is 0 Å². The van der Waals surface area contributed by atoms with Crippen molar-refractivity contribution in [3.05, 3.63) is 0 Å². The summed E-state index contributed by atoms with van der Waals surface area (Å²) in [4.78, 5) is 0. The Morgan fingerprint density at radius 2 is 0.818 bits per heavy atom. The third-order valence-corrected chi connectivity index (χ3v) is 14.3. The molecule has 0 radical (unpaired) electrons. The third kappa shape index (κ3) is 6.50. The fraction of sp³-hybridized carbons (Fsp3) is 1.00. The topological polar surface area (TPSA) is 18.5 Å². The summed E-state index contributed by atoms with van der Waals surface area (Å²) in [5.41, 5.74) is 0. The Kier molecular flexibility index (Phi) is 12.0. The average Bonchev–Trinajstić information content (AvgIpc) is 2.71. The van der Waals surface area contributed by atoms with Crippen LogP contribution in [-0.2, 0) is 6.15 Å². The van der Waals surface area contributed by atoms with E-state index in [4.69, 9.17) is 0 Å². The first-order chi connectivity index (χ1) is 14.8. The molecule has 0 amide bonds. The summed E-state index contributed by atoms with van der Waals surface area (Å²) in [6.45, 7) is 0.368. The monoisotopic (exact) mass is 632 g/mol. The molecule has 0 fully saturated rings. The summed E-state index contributed by atoms with van der Waals surface area (Å²) in [5.74, 6) is -26.5. The number of unbranched alkanes of at least 4 members (excludes halogenated alkanes) is 2. The van der Waals surface area contributed by atoms with E-state index in [0.717, 1.165) is 0 Å². The van der Waals surface area contributed by atoms with Crippen LogP contribution in [0, 0.1) is 0 Å². The Balaban J connectivity index is 6.89. The Hall–Kier alpha value is -0.261. The van der Waals surface area contributed by atoms with Crippen LogP contribution in [0.2, 0.25) is 0 Å². The first-order valence-electron chi connectivity index (χ1n) is 9.45. The van der Waals surface area contributed by atoms with E-state index < -0.39 is 77.3 Å². The van der Waals surface area contributed by atoms with Crippen LogP contribution in [0.4, 0.5) is 61.5 Å². The molecule has 0 aliphatic carbocycles. The van der Waals surface area contributed by atoms with Gasteiger partial charge in [-0.2, -0.15) is 0 Å². The van der Waals surface area contributed by atoms with Gasteiger partial charge in [0, 0.05) is 0 Å². The van der Waals surface area contributed by atoms with Crippen molar-refractivity contribution in [1.82, 2.24) is 0 Å². The second-order valence-corrected chi connectivity index (χ2v) is 15.6. The zero-order valence-corrected chi connectivity index (χ0v) is 20.0. The summed E-state index contributed by atoms with van der Waals surface area (Å²) < 4.78 is 188. The second-order valence-electron chi connectivity index (χ2n) is 6.94. The van der Waals surface area contributed by atoms with Gasteiger partial charge in [0.1, 0.15) is 0 Å². The predicted molar refractivity (Wildman–Crippen MR) is 89.1 cm³/mol. The first-order valence-corrected chi connectivity index (χ1v) is 15.1. The number of hydrogen-bond donors (Lipinski definition) is 0. The number of halogens is 14. The molecule has 2 unspecified atom stereocenters. The molecule has 200 valence electrons. The molecule has 0 aliphatic rings. The van der Waals surface area contributed by atoms with Crippen molar-refractivity contribution in [2.24, 2.45) is 0 Å². The van der Waals surface area contributed by atoms with Crippen molar-refractivity contribution in [3.8, 4) is 0 Å². The molecule has 33 heavy (non-hydrogen) atoms. The van der Waals surface area contributed by atoms with E-state index in [1.165, 1.54) is 13.8 Å². The van der Waals surface area contributed by atoms with Crippen LogP contribution in [0.1, 0.15) is 39.5 Å². The average molecular weight is 631 g/mol. The van der Waals surface area contributed by atoms with Crippen molar-refractivity contribution in [1.29, 1.82) is 0 Å². The Morgan fingerprint density at radius 3 is 1.03 bits per heavy atom. The molecular weight excluding hydrogens is 609 g/mol. The maximum atomic E-state index is 14.9. The molecule has 17 heteroatoms. The molecule has 0 aromatic rings. The molecule has 0 aliphatic heterocycles. The van der Waals surface area contributed by atoms with Crippen LogP contribution < -0.4 is 0 Å². The van der Waals surface area contributed by atoms with Crippen LogP contribution >= 0.6 is 0 Å². The molecule has 0 heterocycles. The molecule has 0 N–H and O–H groups in total. The molecule has 2 atom stereocenters. The molecule has 2 nitrogen and oxygen atoms in total. The van der Waals surface area contributed by atoms with Crippen LogP contribution in [0.15, 0.2) is 0 Å². The van der Waals surface area contributed by atoms with Gasteiger partial charge in [-0.1, -0.05) is 0 Å². The van der Waals surface area contributed by atoms with E-state index >= 15 is 0 Å². The first kappa shape index (κ1) is 32.7. The molecule has 0 aromatic heterocycles. The van der Waals surface area contributed by atoms with Crippen LogP contribution in [0.25, 0.3) is 0 Å². The molecule has 0 rings (SSSR count). The third-order valence-electron chi connectivity index (χ3n) is 4.43. The van der Waals surface area contributed by atoms with Crippen molar-refractivity contribution in [3.63, 3.8) is 0 Å². The van der Waals surface area contributed by atoms with Gasteiger partial charge in [-0.15, -0.1) is 0 Å². The van der Waals surface area contributed by atoms with Gasteiger partial charge in [-0.3, -0.25) is 0 Å². The summed E-state index contributed by atoms with van der Waals surface area (Å²) >= 11 is -8.16. The predicted octanol–water partition coefficient (Wildman–Crippen LogP) is 6.89. The quantitative estimate of drug-likeness (QED) is 0.105. The maximum absolute atomic E-state index is 14.9. The van der Waals surface area contributed by atoms with E-state index in [2.05, 4.69) is 6.15 Å². The van der Waals surface area contributed by atoms with E-state index in [-0.39, 0.29) is 25.7 Å². The summed E-state index contributed by atoms with van der Waals surface area (Å²) in [6, 6.07) is 0. The number of rotatable bonds is 16. The van der Waals surface area contributed by atoms with Gasteiger partial charge in [-0.25, -0.2) is 0 Å². The van der Waals surface area contributed by atoms with Crippen molar-refractivity contribution in [2.45, 2.75) is 84.4 Å². The zero-order valence-electron chi connectivity index (χ0n) is 17.2. The Labute approximate surface area is 184 Å². The van der Waals surface area contributed by atoms with E-state index in [0.29, 0.717) is 0 Å². The van der Waals surface area contributed by atoms with Gasteiger partial charge in [0.15, 0.2) is 0 Å². The molecule has 0 saturated carbocycles. The van der Waals surface area contributed by atoms with E-state index in [9.17, 15) is 61.5 Å². The SMILES string of the molecule is CCCC[O][Sn]([O]CCCC)([CH](F)C(F)(F)C(F)(F)C(F)F)[CH](F)C(F)(F)C(F)(F)C(F)F. The number of hydrogen-bond acceptors (Lipinski definition) is 2. The summed E-state index contributed by atoms with van der Waals surface area (Å²) in [5, 5.41) is 0. The normalized spacial score (nSPS) is 16.5. The van der Waals surface area contributed by atoms with Crippen molar-refractivity contribution in [2.75, 3.05) is 13.2 Å². The molecule has 0 aromatic carbocycles. The summed E-state index contributed by atoms with van der Waals surface area (Å²) in [6.07, 6.45) is -11.3. The van der Waals surface area contributed by atoms with Gasteiger partial charge in [0.25, 0.3) is 0 Å². The van der Waals surface area contributed by atoms with Gasteiger partial charge >= 0.3 is 184 Å². The minimum atomic E-state index is -8.16. The van der Waals surface area contributed by atoms with E-state index in [1.54, 1.807) is 0 Å². The molecular formula is C16H22F14O2Sn. The fourth-order valence-electron chi connectivity index (χ4n) is 2.35. The second kappa shape index (κ2) is 12.1. The van der Waals surface area contributed by atoms with Crippen LogP contribution in [0.5, 0.6) is 0 Å². The summed E-state index contributed by atoms with van der Waals surface area (Å²) in [7, 11) is 0. The van der Waals surface area contributed by atoms with Crippen LogP contribution in [-0.4, -0.2) is 77.3 Å². The fourth-order valence-corrected chi connectivity index (χ4v) is 11.6. The zero-order chi connectivity index (χ0) is 26.5. The van der Waals surface area contributed by atoms with Gasteiger partial charge in [-0.05, 0) is 0 Å². The number of alkyl halides is 14. The van der Waals surface area contributed by atoms with Gasteiger partial charge in [0.2, 0.25) is 0 Å². The molecule has 0 saturated heterocycles. The van der Waals surface area contributed by atoms with E-state index in [1.807, 2.05) is 0 Å². The Morgan fingerprint density at radius 1 is 0.545 bits per heavy atom. The van der Waals surface area contributed by atoms with Crippen LogP contribution in [0.3, 0.4) is 0 Å². The van der Waals surface area contributed by atoms with Crippen molar-refractivity contribution < 1.29 is 67.6 Å². The Bertz CT molecular complexity index is 540. The molecule has 0 spiro atoms. The minimum absolute atomic E-state index is 0.0119. The molecule has 0 bridgehead atoms. The van der Waals surface area contributed by atoms with Gasteiger partial charge < -0.3 is 0 Å². The van der Waals surface area contributed by atoms with Crippen molar-refractivity contribution >= 4 is 19.2 Å². The standard InChI is InChI=1S/2C4H2F7.2C4H9O.Sn/c2*5-1-3(8,9)4(10,11)2(6)7;2*1-2-3-4-5;/h2*1-2H;2*2-4H2,1H3;/q;;2*-1;+2.